The number of carbonyl (C=O) groups is 2. The summed E-state index contributed by atoms with van der Waals surface area (Å²) >= 11 is 0. The number of carbonyl (C=O) groups excluding carboxylic acids is 2. The van der Waals surface area contributed by atoms with E-state index in [1.165, 1.54) is 28.4 Å². The van der Waals surface area contributed by atoms with Gasteiger partial charge in [0.05, 0.1) is 40.4 Å². The number of methoxy groups -OCH3 is 4. The van der Waals surface area contributed by atoms with Crippen LogP contribution < -0.4 is 29.0 Å². The van der Waals surface area contributed by atoms with Gasteiger partial charge in [-0.3, -0.25) is 9.59 Å². The second kappa shape index (κ2) is 9.74. The van der Waals surface area contributed by atoms with Crippen LogP contribution in [0.3, 0.4) is 0 Å². The molecule has 1 unspecified atom stereocenters. The summed E-state index contributed by atoms with van der Waals surface area (Å²) < 4.78 is 27.7. The monoisotopic (exact) mass is 463 g/mol. The summed E-state index contributed by atoms with van der Waals surface area (Å²) in [7, 11) is 5.96. The molecule has 3 aromatic carbocycles. The Kier molecular flexibility index (Phi) is 6.58. The summed E-state index contributed by atoms with van der Waals surface area (Å²) in [6.45, 7) is 0. The minimum absolute atomic E-state index is 0.1000. The van der Waals surface area contributed by atoms with E-state index in [1.54, 1.807) is 48.5 Å². The highest BCUT2D eigenvalue weighted by molar-refractivity contribution is 6.06. The van der Waals surface area contributed by atoms with Gasteiger partial charge in [-0.1, -0.05) is 24.3 Å². The van der Waals surface area contributed by atoms with Crippen LogP contribution in [0.25, 0.3) is 0 Å². The zero-order valence-electron chi connectivity index (χ0n) is 19.3. The quantitative estimate of drug-likeness (QED) is 0.544. The summed E-state index contributed by atoms with van der Waals surface area (Å²) in [6.07, 6.45) is -0.450. The normalized spacial score (nSPS) is 14.5. The van der Waals surface area contributed by atoms with Crippen LogP contribution in [0, 0.1) is 0 Å². The van der Waals surface area contributed by atoms with Crippen LogP contribution in [0.4, 0.5) is 5.69 Å². The van der Waals surface area contributed by atoms with Crippen LogP contribution in [0.2, 0.25) is 0 Å². The number of para-hydroxylation sites is 1. The summed E-state index contributed by atoms with van der Waals surface area (Å²) in [5.74, 6) is 1.38. The fourth-order valence-corrected chi connectivity index (χ4v) is 3.99. The van der Waals surface area contributed by atoms with Crippen LogP contribution in [-0.4, -0.2) is 40.1 Å². The van der Waals surface area contributed by atoms with Crippen molar-refractivity contribution in [1.29, 1.82) is 0 Å². The molecule has 8 heteroatoms. The van der Waals surface area contributed by atoms with Crippen molar-refractivity contribution in [3.63, 3.8) is 0 Å². The Bertz CT molecular complexity index is 1240. The highest BCUT2D eigenvalue weighted by atomic mass is 16.5. The molecule has 34 heavy (non-hydrogen) atoms. The van der Waals surface area contributed by atoms with E-state index in [4.69, 9.17) is 23.7 Å². The van der Waals surface area contributed by atoms with Gasteiger partial charge in [-0.2, -0.15) is 0 Å². The van der Waals surface area contributed by atoms with Gasteiger partial charge in [0.15, 0.2) is 17.3 Å². The molecule has 1 amide bonds. The molecule has 1 aliphatic rings. The van der Waals surface area contributed by atoms with Gasteiger partial charge in [-0.05, 0) is 29.8 Å². The van der Waals surface area contributed by atoms with Crippen LogP contribution in [0.1, 0.15) is 38.8 Å². The number of ether oxygens (including phenoxy) is 5. The highest BCUT2D eigenvalue weighted by Gasteiger charge is 2.34. The highest BCUT2D eigenvalue weighted by Crippen LogP contribution is 2.49. The summed E-state index contributed by atoms with van der Waals surface area (Å²) in [6, 6.07) is 15.8. The molecule has 0 aromatic heterocycles. The Labute approximate surface area is 197 Å². The van der Waals surface area contributed by atoms with E-state index in [9.17, 15) is 9.59 Å². The van der Waals surface area contributed by atoms with E-state index < -0.39 is 6.10 Å². The number of ketones is 1. The molecule has 8 nitrogen and oxygen atoms in total. The molecule has 0 radical (unpaired) electrons. The lowest BCUT2D eigenvalue weighted by Crippen LogP contribution is -2.22. The molecule has 1 atom stereocenters. The molecule has 4 rings (SSSR count). The van der Waals surface area contributed by atoms with Crippen molar-refractivity contribution in [2.75, 3.05) is 33.8 Å². The van der Waals surface area contributed by atoms with E-state index in [0.29, 0.717) is 39.8 Å². The molecule has 0 spiro atoms. The van der Waals surface area contributed by atoms with Crippen molar-refractivity contribution in [3.05, 3.63) is 71.3 Å². The minimum Gasteiger partial charge on any atom is -0.496 e. The number of fused-ring (bicyclic) bond motifs is 1. The first-order chi connectivity index (χ1) is 16.5. The van der Waals surface area contributed by atoms with Crippen LogP contribution in [0.5, 0.6) is 28.7 Å². The van der Waals surface area contributed by atoms with Gasteiger partial charge in [-0.25, -0.2) is 0 Å². The van der Waals surface area contributed by atoms with Crippen molar-refractivity contribution in [2.24, 2.45) is 0 Å². The molecule has 1 N–H and O–H groups in total. The molecule has 176 valence electrons. The molecular formula is C26H25NO7. The van der Waals surface area contributed by atoms with E-state index in [1.807, 2.05) is 6.07 Å². The van der Waals surface area contributed by atoms with Crippen molar-refractivity contribution >= 4 is 17.4 Å². The topological polar surface area (TPSA) is 92.3 Å². The van der Waals surface area contributed by atoms with Crippen molar-refractivity contribution < 1.29 is 33.3 Å². The first-order valence-electron chi connectivity index (χ1n) is 10.6. The van der Waals surface area contributed by atoms with Gasteiger partial charge in [0.1, 0.15) is 23.2 Å². The second-order valence-electron chi connectivity index (χ2n) is 7.53. The van der Waals surface area contributed by atoms with Gasteiger partial charge in [0.25, 0.3) is 5.91 Å². The maximum absolute atomic E-state index is 13.1. The fourth-order valence-electron chi connectivity index (χ4n) is 3.99. The lowest BCUT2D eigenvalue weighted by Gasteiger charge is -2.28. The minimum atomic E-state index is -0.550. The number of benzene rings is 3. The zero-order chi connectivity index (χ0) is 24.2. The van der Waals surface area contributed by atoms with Gasteiger partial charge in [0, 0.05) is 11.8 Å². The van der Waals surface area contributed by atoms with Gasteiger partial charge in [-0.15, -0.1) is 0 Å². The predicted octanol–water partition coefficient (Wildman–Crippen LogP) is 4.68. The van der Waals surface area contributed by atoms with Crippen LogP contribution >= 0.6 is 0 Å². The maximum Gasteiger partial charge on any atom is 0.259 e. The first kappa shape index (κ1) is 23.0. The molecule has 0 saturated heterocycles. The Morgan fingerprint density at radius 1 is 0.882 bits per heavy atom. The molecule has 0 saturated carbocycles. The number of Topliss-reactive ketones (excluding diaryl/α,β-unsaturated/α-hetero) is 1. The third-order valence-electron chi connectivity index (χ3n) is 5.58. The molecule has 1 aliphatic heterocycles. The fraction of sp³-hybridized carbons (Fsp3) is 0.231. The zero-order valence-corrected chi connectivity index (χ0v) is 19.3. The van der Waals surface area contributed by atoms with Crippen LogP contribution in [-0.2, 0) is 0 Å². The Morgan fingerprint density at radius 2 is 1.62 bits per heavy atom. The molecule has 0 aliphatic carbocycles. The van der Waals surface area contributed by atoms with Gasteiger partial charge >= 0.3 is 0 Å². The number of nitrogens with one attached hydrogen (secondary N) is 1. The first-order valence-corrected chi connectivity index (χ1v) is 10.6. The van der Waals surface area contributed by atoms with Gasteiger partial charge in [0.2, 0.25) is 5.75 Å². The smallest absolute Gasteiger partial charge is 0.259 e. The third kappa shape index (κ3) is 4.22. The predicted molar refractivity (Wildman–Crippen MR) is 126 cm³/mol. The number of hydrogen-bond acceptors (Lipinski definition) is 7. The Morgan fingerprint density at radius 3 is 2.32 bits per heavy atom. The Hall–Kier alpha value is -4.20. The molecule has 0 fully saturated rings. The second-order valence-corrected chi connectivity index (χ2v) is 7.53. The van der Waals surface area contributed by atoms with E-state index in [2.05, 4.69) is 5.32 Å². The number of anilines is 1. The van der Waals surface area contributed by atoms with E-state index >= 15 is 0 Å². The molecule has 1 heterocycles. The molecular weight excluding hydrogens is 438 g/mol. The van der Waals surface area contributed by atoms with Crippen molar-refractivity contribution in [3.8, 4) is 28.7 Å². The molecule has 3 aromatic rings. The van der Waals surface area contributed by atoms with Crippen molar-refractivity contribution in [2.45, 2.75) is 12.5 Å². The summed E-state index contributed by atoms with van der Waals surface area (Å²) in [5, 5.41) is 2.88. The number of amides is 1. The van der Waals surface area contributed by atoms with E-state index in [-0.39, 0.29) is 23.9 Å². The summed E-state index contributed by atoms with van der Waals surface area (Å²) in [5.41, 5.74) is 2.05. The summed E-state index contributed by atoms with van der Waals surface area (Å²) in [4.78, 5) is 25.9. The van der Waals surface area contributed by atoms with E-state index in [0.717, 1.165) is 5.56 Å². The van der Waals surface area contributed by atoms with Crippen molar-refractivity contribution in [1.82, 2.24) is 0 Å². The number of hydrogen-bond donors (Lipinski definition) is 1. The maximum atomic E-state index is 13.1. The number of rotatable bonds is 7. The Balaban J connectivity index is 1.62. The average molecular weight is 463 g/mol. The average Bonchev–Trinajstić information content (AvgIpc) is 2.87. The lowest BCUT2D eigenvalue weighted by atomic mass is 9.94. The van der Waals surface area contributed by atoms with Gasteiger partial charge < -0.3 is 29.0 Å². The molecule has 0 bridgehead atoms. The SMILES string of the molecule is COc1ccccc1C(=O)Nc1cccc(C2CC(=O)c3c(cc(OC)c(OC)c3OC)O2)c1. The third-order valence-corrected chi connectivity index (χ3v) is 5.58. The largest absolute Gasteiger partial charge is 0.496 e. The lowest BCUT2D eigenvalue weighted by molar-refractivity contribution is 0.0842. The standard InChI is InChI=1S/C26H25NO7/c1-30-19-11-6-5-10-17(19)26(29)27-16-9-7-8-15(12-16)20-13-18(28)23-21(34-20)14-22(31-2)24(32-3)25(23)33-4/h5-12,14,20H,13H2,1-4H3,(H,27,29). The van der Waals surface area contributed by atoms with Crippen LogP contribution in [0.15, 0.2) is 54.6 Å².